The van der Waals surface area contributed by atoms with Crippen LogP contribution >= 0.6 is 15.9 Å². The number of aliphatic carboxylic acids is 1. The molecule has 0 heterocycles. The van der Waals surface area contributed by atoms with Crippen LogP contribution in [0.5, 0.6) is 0 Å². The molecular formula is C12H13BrN2O4. The highest BCUT2D eigenvalue weighted by Gasteiger charge is 2.31. The van der Waals surface area contributed by atoms with Gasteiger partial charge >= 0.3 is 5.97 Å². The van der Waals surface area contributed by atoms with E-state index >= 15 is 0 Å². The molecule has 1 saturated carbocycles. The molecule has 0 bridgehead atoms. The van der Waals surface area contributed by atoms with Gasteiger partial charge in [0.25, 0.3) is 5.69 Å². The normalized spacial score (nSPS) is 14.6. The number of nitro benzene ring substituents is 1. The van der Waals surface area contributed by atoms with Gasteiger partial charge in [0.2, 0.25) is 0 Å². The zero-order valence-corrected chi connectivity index (χ0v) is 11.7. The predicted molar refractivity (Wildman–Crippen MR) is 71.9 cm³/mol. The molecule has 7 heteroatoms. The Morgan fingerprint density at radius 1 is 1.53 bits per heavy atom. The van der Waals surface area contributed by atoms with Gasteiger partial charge in [0, 0.05) is 28.7 Å². The highest BCUT2D eigenvalue weighted by atomic mass is 79.9. The number of carbonyl (C=O) groups is 1. The topological polar surface area (TPSA) is 83.7 Å². The Bertz CT molecular complexity index is 516. The molecule has 0 atom stereocenters. The fourth-order valence-electron chi connectivity index (χ4n) is 1.99. The molecule has 1 aliphatic rings. The lowest BCUT2D eigenvalue weighted by Gasteiger charge is -2.19. The Morgan fingerprint density at radius 2 is 2.21 bits per heavy atom. The first kappa shape index (κ1) is 14.0. The Hall–Kier alpha value is -1.47. The van der Waals surface area contributed by atoms with E-state index in [0.29, 0.717) is 16.6 Å². The molecule has 0 spiro atoms. The third kappa shape index (κ3) is 3.74. The van der Waals surface area contributed by atoms with Gasteiger partial charge in [0.05, 0.1) is 11.5 Å². The van der Waals surface area contributed by atoms with E-state index in [1.165, 1.54) is 6.07 Å². The van der Waals surface area contributed by atoms with Crippen molar-refractivity contribution in [2.24, 2.45) is 0 Å². The SMILES string of the molecule is O=C(O)CN(Cc1ccc(Br)cc1[N+](=O)[O-])C1CC1. The smallest absolute Gasteiger partial charge is 0.317 e. The van der Waals surface area contributed by atoms with Crippen molar-refractivity contribution < 1.29 is 14.8 Å². The molecule has 6 nitrogen and oxygen atoms in total. The lowest BCUT2D eigenvalue weighted by molar-refractivity contribution is -0.385. The number of benzene rings is 1. The van der Waals surface area contributed by atoms with Crippen LogP contribution in [0, 0.1) is 10.1 Å². The maximum absolute atomic E-state index is 11.0. The van der Waals surface area contributed by atoms with Crippen LogP contribution in [-0.4, -0.2) is 33.5 Å². The number of halogens is 1. The Balaban J connectivity index is 2.20. The summed E-state index contributed by atoms with van der Waals surface area (Å²) in [6.07, 6.45) is 1.91. The van der Waals surface area contributed by atoms with Crippen molar-refractivity contribution in [1.29, 1.82) is 0 Å². The van der Waals surface area contributed by atoms with E-state index in [2.05, 4.69) is 15.9 Å². The van der Waals surface area contributed by atoms with Crippen LogP contribution in [0.2, 0.25) is 0 Å². The highest BCUT2D eigenvalue weighted by Crippen LogP contribution is 2.31. The van der Waals surface area contributed by atoms with Gasteiger partial charge in [-0.25, -0.2) is 0 Å². The van der Waals surface area contributed by atoms with Crippen molar-refractivity contribution in [2.45, 2.75) is 25.4 Å². The summed E-state index contributed by atoms with van der Waals surface area (Å²) in [7, 11) is 0. The van der Waals surface area contributed by atoms with Gasteiger partial charge < -0.3 is 5.11 Å². The van der Waals surface area contributed by atoms with Crippen molar-refractivity contribution in [1.82, 2.24) is 4.90 Å². The third-order valence-electron chi connectivity index (χ3n) is 3.02. The van der Waals surface area contributed by atoms with E-state index in [1.807, 2.05) is 0 Å². The van der Waals surface area contributed by atoms with Crippen molar-refractivity contribution in [3.05, 3.63) is 38.3 Å². The lowest BCUT2D eigenvalue weighted by Crippen LogP contribution is -2.31. The van der Waals surface area contributed by atoms with Crippen LogP contribution < -0.4 is 0 Å². The summed E-state index contributed by atoms with van der Waals surface area (Å²) in [5, 5.41) is 19.9. The summed E-state index contributed by atoms with van der Waals surface area (Å²) in [6, 6.07) is 5.08. The molecule has 0 aliphatic heterocycles. The molecule has 2 rings (SSSR count). The lowest BCUT2D eigenvalue weighted by atomic mass is 10.1. The molecule has 0 amide bonds. The van der Waals surface area contributed by atoms with Gasteiger partial charge in [0.15, 0.2) is 0 Å². The molecular weight excluding hydrogens is 316 g/mol. The average molecular weight is 329 g/mol. The van der Waals surface area contributed by atoms with Gasteiger partial charge in [-0.3, -0.25) is 19.8 Å². The molecule has 19 heavy (non-hydrogen) atoms. The number of hydrogen-bond acceptors (Lipinski definition) is 4. The second-order valence-electron chi connectivity index (χ2n) is 4.56. The second kappa shape index (κ2) is 5.66. The first-order chi connectivity index (χ1) is 8.97. The quantitative estimate of drug-likeness (QED) is 0.640. The highest BCUT2D eigenvalue weighted by molar-refractivity contribution is 9.10. The van der Waals surface area contributed by atoms with Gasteiger partial charge in [-0.15, -0.1) is 0 Å². The van der Waals surface area contributed by atoms with Gasteiger partial charge in [-0.05, 0) is 25.0 Å². The van der Waals surface area contributed by atoms with E-state index in [9.17, 15) is 14.9 Å². The van der Waals surface area contributed by atoms with E-state index in [1.54, 1.807) is 17.0 Å². The number of hydrogen-bond donors (Lipinski definition) is 1. The molecule has 0 aromatic heterocycles. The molecule has 0 unspecified atom stereocenters. The summed E-state index contributed by atoms with van der Waals surface area (Å²) >= 11 is 3.20. The molecule has 102 valence electrons. The molecule has 0 saturated heterocycles. The average Bonchev–Trinajstić information content (AvgIpc) is 3.13. The van der Waals surface area contributed by atoms with E-state index in [4.69, 9.17) is 5.11 Å². The maximum Gasteiger partial charge on any atom is 0.317 e. The molecule has 0 radical (unpaired) electrons. The van der Waals surface area contributed by atoms with Crippen LogP contribution in [0.1, 0.15) is 18.4 Å². The van der Waals surface area contributed by atoms with E-state index in [-0.39, 0.29) is 18.3 Å². The summed E-state index contributed by atoms with van der Waals surface area (Å²) < 4.78 is 0.638. The first-order valence-electron chi connectivity index (χ1n) is 5.86. The standard InChI is InChI=1S/C12H13BrN2O4/c13-9-2-1-8(11(5-9)15(18)19)6-14(7-12(16)17)10-3-4-10/h1-2,5,10H,3-4,6-7H2,(H,16,17). The number of nitro groups is 1. The predicted octanol–water partition coefficient (Wildman–Crippen LogP) is 2.41. The molecule has 1 N–H and O–H groups in total. The first-order valence-corrected chi connectivity index (χ1v) is 6.65. The third-order valence-corrected chi connectivity index (χ3v) is 3.51. The molecule has 1 aromatic carbocycles. The summed E-state index contributed by atoms with van der Waals surface area (Å²) in [4.78, 5) is 23.2. The zero-order valence-electron chi connectivity index (χ0n) is 10.1. The summed E-state index contributed by atoms with van der Waals surface area (Å²) in [6.45, 7) is 0.207. The van der Waals surface area contributed by atoms with E-state index in [0.717, 1.165) is 12.8 Å². The summed E-state index contributed by atoms with van der Waals surface area (Å²) in [5.74, 6) is -0.910. The van der Waals surface area contributed by atoms with Crippen LogP contribution in [0.15, 0.2) is 22.7 Å². The monoisotopic (exact) mass is 328 g/mol. The van der Waals surface area contributed by atoms with Crippen LogP contribution in [0.25, 0.3) is 0 Å². The Labute approximate surface area is 118 Å². The molecule has 1 aliphatic carbocycles. The maximum atomic E-state index is 11.0. The van der Waals surface area contributed by atoms with Crippen LogP contribution in [0.4, 0.5) is 5.69 Å². The number of carboxylic acid groups (broad SMARTS) is 1. The second-order valence-corrected chi connectivity index (χ2v) is 5.48. The minimum absolute atomic E-state index is 0.0189. The largest absolute Gasteiger partial charge is 0.480 e. The van der Waals surface area contributed by atoms with Gasteiger partial charge in [0.1, 0.15) is 0 Å². The number of rotatable bonds is 6. The minimum Gasteiger partial charge on any atom is -0.480 e. The van der Waals surface area contributed by atoms with Crippen LogP contribution in [-0.2, 0) is 11.3 Å². The number of carboxylic acids is 1. The van der Waals surface area contributed by atoms with E-state index < -0.39 is 10.9 Å². The van der Waals surface area contributed by atoms with Gasteiger partial charge in [-0.1, -0.05) is 15.9 Å². The Morgan fingerprint density at radius 3 is 2.74 bits per heavy atom. The van der Waals surface area contributed by atoms with Crippen molar-refractivity contribution >= 4 is 27.6 Å². The molecule has 1 fully saturated rings. The van der Waals surface area contributed by atoms with Crippen molar-refractivity contribution in [3.63, 3.8) is 0 Å². The van der Waals surface area contributed by atoms with Crippen LogP contribution in [0.3, 0.4) is 0 Å². The summed E-state index contributed by atoms with van der Waals surface area (Å²) in [5.41, 5.74) is 0.562. The zero-order chi connectivity index (χ0) is 14.0. The Kier molecular flexibility index (Phi) is 4.16. The minimum atomic E-state index is -0.910. The fourth-order valence-corrected chi connectivity index (χ4v) is 2.34. The fraction of sp³-hybridized carbons (Fsp3) is 0.417. The van der Waals surface area contributed by atoms with Gasteiger partial charge in [-0.2, -0.15) is 0 Å². The van der Waals surface area contributed by atoms with Crippen molar-refractivity contribution in [3.8, 4) is 0 Å². The van der Waals surface area contributed by atoms with Crippen molar-refractivity contribution in [2.75, 3.05) is 6.54 Å². The number of nitrogens with zero attached hydrogens (tertiary/aromatic N) is 2. The molecule has 1 aromatic rings.